The monoisotopic (exact) mass is 299 g/mol. The van der Waals surface area contributed by atoms with E-state index in [0.29, 0.717) is 17.5 Å². The summed E-state index contributed by atoms with van der Waals surface area (Å²) in [4.78, 5) is 13.5. The molecule has 108 valence electrons. The van der Waals surface area contributed by atoms with Gasteiger partial charge in [-0.3, -0.25) is 4.79 Å². The number of rotatable bonds is 4. The van der Waals surface area contributed by atoms with Crippen LogP contribution in [0.25, 0.3) is 0 Å². The highest BCUT2D eigenvalue weighted by atomic mass is 32.1. The number of hydrogen-bond donors (Lipinski definition) is 2. The molecular weight excluding hydrogens is 282 g/mol. The number of amides is 1. The normalized spacial score (nSPS) is 11.3. The van der Waals surface area contributed by atoms with Gasteiger partial charge in [0, 0.05) is 16.9 Å². The quantitative estimate of drug-likeness (QED) is 0.853. The molecule has 0 bridgehead atoms. The molecule has 3 nitrogen and oxygen atoms in total. The molecule has 1 aromatic heterocycles. The van der Waals surface area contributed by atoms with Crippen molar-refractivity contribution in [3.63, 3.8) is 0 Å². The summed E-state index contributed by atoms with van der Waals surface area (Å²) >= 11 is 1.62. The molecule has 1 aromatic carbocycles. The fourth-order valence-electron chi connectivity index (χ4n) is 1.89. The number of aliphatic hydroxyl groups excluding tert-OH is 1. The Morgan fingerprint density at radius 2 is 2.14 bits per heavy atom. The topological polar surface area (TPSA) is 49.3 Å². The van der Waals surface area contributed by atoms with Crippen LogP contribution in [-0.4, -0.2) is 17.6 Å². The van der Waals surface area contributed by atoms with E-state index >= 15 is 0 Å². The van der Waals surface area contributed by atoms with E-state index in [0.717, 1.165) is 4.88 Å². The second-order valence-corrected chi connectivity index (χ2v) is 5.51. The molecule has 0 radical (unpaired) electrons. The first-order valence-electron chi connectivity index (χ1n) is 6.75. The van der Waals surface area contributed by atoms with Gasteiger partial charge in [0.1, 0.15) is 0 Å². The highest BCUT2D eigenvalue weighted by Crippen LogP contribution is 2.19. The van der Waals surface area contributed by atoms with Crippen molar-refractivity contribution in [1.82, 2.24) is 5.32 Å². The minimum atomic E-state index is -0.134. The molecule has 1 atom stereocenters. The zero-order valence-corrected chi connectivity index (χ0v) is 12.6. The SMILES string of the molecule is CC(NC(=O)c1ccccc1C#CCCO)c1cccs1. The van der Waals surface area contributed by atoms with Crippen molar-refractivity contribution in [2.75, 3.05) is 6.61 Å². The number of carbonyl (C=O) groups excluding carboxylic acids is 1. The molecule has 2 rings (SSSR count). The van der Waals surface area contributed by atoms with E-state index in [-0.39, 0.29) is 18.6 Å². The summed E-state index contributed by atoms with van der Waals surface area (Å²) in [5.74, 6) is 5.65. The molecule has 4 heteroatoms. The van der Waals surface area contributed by atoms with Crippen molar-refractivity contribution in [2.45, 2.75) is 19.4 Å². The largest absolute Gasteiger partial charge is 0.395 e. The van der Waals surface area contributed by atoms with Crippen LogP contribution in [0.4, 0.5) is 0 Å². The second kappa shape index (κ2) is 7.63. The Balaban J connectivity index is 2.14. The van der Waals surface area contributed by atoms with Crippen LogP contribution in [0.3, 0.4) is 0 Å². The van der Waals surface area contributed by atoms with Gasteiger partial charge in [-0.05, 0) is 30.5 Å². The van der Waals surface area contributed by atoms with Crippen LogP contribution in [0.1, 0.15) is 40.2 Å². The molecule has 0 saturated heterocycles. The number of nitrogens with one attached hydrogen (secondary N) is 1. The third kappa shape index (κ3) is 4.19. The van der Waals surface area contributed by atoms with E-state index in [1.165, 1.54) is 0 Å². The van der Waals surface area contributed by atoms with Crippen LogP contribution in [0.5, 0.6) is 0 Å². The Bertz CT molecular complexity index is 653. The third-order valence-corrected chi connectivity index (χ3v) is 4.00. The van der Waals surface area contributed by atoms with Crippen molar-refractivity contribution in [1.29, 1.82) is 0 Å². The summed E-state index contributed by atoms with van der Waals surface area (Å²) in [7, 11) is 0. The maximum Gasteiger partial charge on any atom is 0.253 e. The van der Waals surface area contributed by atoms with Crippen molar-refractivity contribution in [2.24, 2.45) is 0 Å². The summed E-state index contributed by atoms with van der Waals surface area (Å²) in [6, 6.07) is 11.2. The standard InChI is InChI=1S/C17H17NO2S/c1-13(16-10-6-12-21-16)18-17(20)15-9-3-2-7-14(15)8-4-5-11-19/h2-3,6-7,9-10,12-13,19H,5,11H2,1H3,(H,18,20). The van der Waals surface area contributed by atoms with Crippen molar-refractivity contribution in [3.8, 4) is 11.8 Å². The second-order valence-electron chi connectivity index (χ2n) is 4.53. The maximum absolute atomic E-state index is 12.4. The Hall–Kier alpha value is -2.09. The van der Waals surface area contributed by atoms with Gasteiger partial charge in [0.2, 0.25) is 0 Å². The molecule has 0 fully saturated rings. The highest BCUT2D eigenvalue weighted by molar-refractivity contribution is 7.10. The summed E-state index contributed by atoms with van der Waals surface area (Å²) in [6.45, 7) is 1.99. The zero-order chi connectivity index (χ0) is 15.1. The van der Waals surface area contributed by atoms with Gasteiger partial charge < -0.3 is 10.4 Å². The molecule has 2 aromatic rings. The Kier molecular flexibility index (Phi) is 5.56. The minimum Gasteiger partial charge on any atom is -0.395 e. The molecular formula is C17H17NO2S. The molecule has 1 heterocycles. The molecule has 0 saturated carbocycles. The van der Waals surface area contributed by atoms with Gasteiger partial charge >= 0.3 is 0 Å². The van der Waals surface area contributed by atoms with Crippen molar-refractivity contribution >= 4 is 17.2 Å². The van der Waals surface area contributed by atoms with Gasteiger partial charge in [0.25, 0.3) is 5.91 Å². The minimum absolute atomic E-state index is 0.0246. The molecule has 0 aliphatic rings. The predicted octanol–water partition coefficient (Wildman–Crippen LogP) is 2.97. The van der Waals surface area contributed by atoms with Crippen molar-refractivity contribution in [3.05, 3.63) is 57.8 Å². The van der Waals surface area contributed by atoms with Crippen LogP contribution >= 0.6 is 11.3 Å². The van der Waals surface area contributed by atoms with Gasteiger partial charge in [-0.25, -0.2) is 0 Å². The Morgan fingerprint density at radius 3 is 2.86 bits per heavy atom. The molecule has 0 spiro atoms. The first kappa shape index (κ1) is 15.3. The molecule has 1 amide bonds. The molecule has 2 N–H and O–H groups in total. The van der Waals surface area contributed by atoms with Gasteiger partial charge in [0.05, 0.1) is 18.2 Å². The lowest BCUT2D eigenvalue weighted by Crippen LogP contribution is -2.26. The Morgan fingerprint density at radius 1 is 1.33 bits per heavy atom. The van der Waals surface area contributed by atoms with Crippen molar-refractivity contribution < 1.29 is 9.90 Å². The van der Waals surface area contributed by atoms with Gasteiger partial charge in [0.15, 0.2) is 0 Å². The number of benzene rings is 1. The smallest absolute Gasteiger partial charge is 0.253 e. The molecule has 0 aliphatic carbocycles. The average Bonchev–Trinajstić information content (AvgIpc) is 3.02. The van der Waals surface area contributed by atoms with Crippen LogP contribution in [0.2, 0.25) is 0 Å². The average molecular weight is 299 g/mol. The van der Waals surface area contributed by atoms with E-state index in [2.05, 4.69) is 17.2 Å². The fourth-order valence-corrected chi connectivity index (χ4v) is 2.62. The third-order valence-electron chi connectivity index (χ3n) is 2.95. The number of thiophene rings is 1. The summed E-state index contributed by atoms with van der Waals surface area (Å²) < 4.78 is 0. The Labute approximate surface area is 128 Å². The summed E-state index contributed by atoms with van der Waals surface area (Å²) in [5, 5.41) is 13.7. The van der Waals surface area contributed by atoms with Crippen LogP contribution in [0.15, 0.2) is 41.8 Å². The van der Waals surface area contributed by atoms with Crippen LogP contribution < -0.4 is 5.32 Å². The lowest BCUT2D eigenvalue weighted by molar-refractivity contribution is 0.0940. The van der Waals surface area contributed by atoms with Gasteiger partial charge in [-0.2, -0.15) is 0 Å². The van der Waals surface area contributed by atoms with Crippen LogP contribution in [-0.2, 0) is 0 Å². The van der Waals surface area contributed by atoms with E-state index in [1.807, 2.05) is 42.6 Å². The van der Waals surface area contributed by atoms with E-state index in [9.17, 15) is 4.79 Å². The van der Waals surface area contributed by atoms with E-state index in [1.54, 1.807) is 17.4 Å². The highest BCUT2D eigenvalue weighted by Gasteiger charge is 2.14. The predicted molar refractivity (Wildman–Crippen MR) is 85.2 cm³/mol. The first-order chi connectivity index (χ1) is 10.2. The molecule has 21 heavy (non-hydrogen) atoms. The summed E-state index contributed by atoms with van der Waals surface area (Å²) in [5.41, 5.74) is 1.24. The number of carbonyl (C=O) groups is 1. The molecule has 1 unspecified atom stereocenters. The fraction of sp³-hybridized carbons (Fsp3) is 0.235. The number of aliphatic hydroxyl groups is 1. The molecule has 0 aliphatic heterocycles. The van der Waals surface area contributed by atoms with E-state index in [4.69, 9.17) is 5.11 Å². The van der Waals surface area contributed by atoms with E-state index < -0.39 is 0 Å². The van der Waals surface area contributed by atoms with Gasteiger partial charge in [-0.1, -0.05) is 30.0 Å². The lowest BCUT2D eigenvalue weighted by Gasteiger charge is -2.13. The lowest BCUT2D eigenvalue weighted by atomic mass is 10.1. The summed E-state index contributed by atoms with van der Waals surface area (Å²) in [6.07, 6.45) is 0.404. The number of hydrogen-bond acceptors (Lipinski definition) is 3. The van der Waals surface area contributed by atoms with Gasteiger partial charge in [-0.15, -0.1) is 11.3 Å². The zero-order valence-electron chi connectivity index (χ0n) is 11.8. The van der Waals surface area contributed by atoms with Crippen LogP contribution in [0, 0.1) is 11.8 Å². The first-order valence-corrected chi connectivity index (χ1v) is 7.63. The maximum atomic E-state index is 12.4.